The molecule has 0 fully saturated rings. The Morgan fingerprint density at radius 3 is 0.513 bits per heavy atom. The van der Waals surface area contributed by atoms with Crippen LogP contribution in [0.1, 0.15) is 0 Å². The Balaban J connectivity index is 0.000000282. The molecule has 0 atom stereocenters. The number of rotatable bonds is 3. The molecule has 0 amide bonds. The number of halogens is 2. The van der Waals surface area contributed by atoms with Crippen LogP contribution in [0, 0.1) is 0 Å². The van der Waals surface area contributed by atoms with Crippen LogP contribution in [0.2, 0.25) is 0 Å². The maximum Gasteiger partial charge on any atom is 2.00 e. The van der Waals surface area contributed by atoms with Gasteiger partial charge in [0.2, 0.25) is 0 Å². The number of nitrogens with zero attached hydrogens (tertiary/aromatic N) is 6. The third kappa shape index (κ3) is 11.2. The molecule has 0 saturated carbocycles. The van der Waals surface area contributed by atoms with Crippen LogP contribution >= 0.6 is 0 Å². The van der Waals surface area contributed by atoms with Crippen LogP contribution in [-0.4, -0.2) is 29.9 Å². The molecule has 0 aliphatic carbocycles. The van der Waals surface area contributed by atoms with Crippen molar-refractivity contribution >= 4 is 0 Å². The predicted octanol–water partition coefficient (Wildman–Crippen LogP) is 0.436. The van der Waals surface area contributed by atoms with Gasteiger partial charge in [-0.05, 0) is 72.8 Å². The molecule has 0 radical (unpaired) electrons. The summed E-state index contributed by atoms with van der Waals surface area (Å²) in [6, 6.07) is 34.8. The van der Waals surface area contributed by atoms with Crippen LogP contribution in [0.25, 0.3) is 34.2 Å². The molecule has 6 rings (SSSR count). The zero-order valence-corrected chi connectivity index (χ0v) is 24.4. The minimum Gasteiger partial charge on any atom is -1.00 e. The summed E-state index contributed by atoms with van der Waals surface area (Å²) < 4.78 is 0. The summed E-state index contributed by atoms with van der Waals surface area (Å²) >= 11 is 0. The van der Waals surface area contributed by atoms with Crippen molar-refractivity contribution in [1.29, 1.82) is 0 Å². The van der Waals surface area contributed by atoms with Crippen LogP contribution in [0.15, 0.2) is 146 Å². The van der Waals surface area contributed by atoms with Crippen LogP contribution in [-0.2, 0) is 21.1 Å². The Kier molecular flexibility index (Phi) is 16.4. The summed E-state index contributed by atoms with van der Waals surface area (Å²) in [7, 11) is 0. The average Bonchev–Trinajstić information content (AvgIpc) is 3.01. The smallest absolute Gasteiger partial charge is 1.00 e. The molecule has 198 valence electrons. The quantitative estimate of drug-likeness (QED) is 0.263. The molecule has 9 heteroatoms. The van der Waals surface area contributed by atoms with Gasteiger partial charge in [-0.3, -0.25) is 29.9 Å². The second-order valence-electron chi connectivity index (χ2n) is 7.29. The minimum atomic E-state index is 0. The molecule has 6 heterocycles. The van der Waals surface area contributed by atoms with Crippen LogP contribution in [0.5, 0.6) is 0 Å². The molecule has 0 saturated heterocycles. The van der Waals surface area contributed by atoms with Crippen molar-refractivity contribution in [3.8, 4) is 34.2 Å². The maximum atomic E-state index is 4.19. The van der Waals surface area contributed by atoms with Gasteiger partial charge in [0.25, 0.3) is 0 Å². The summed E-state index contributed by atoms with van der Waals surface area (Å²) in [5, 5.41) is 0. The SMILES string of the molecule is [Cl-].[Cl-].[Pt+2].c1ccc(-c2ccccn2)nc1.c1ccc(-c2ccccn2)nc1.c1ccc(-c2ccccn2)nc1. The number of hydrogen-bond acceptors (Lipinski definition) is 6. The molecular weight excluding hydrogens is 710 g/mol. The summed E-state index contributed by atoms with van der Waals surface area (Å²) in [6.45, 7) is 0. The molecule has 0 bridgehead atoms. The van der Waals surface area contributed by atoms with Gasteiger partial charge in [0, 0.05) is 37.2 Å². The molecule has 39 heavy (non-hydrogen) atoms. The van der Waals surface area contributed by atoms with Gasteiger partial charge >= 0.3 is 21.1 Å². The third-order valence-corrected chi connectivity index (χ3v) is 4.78. The Hall–Kier alpha value is -3.83. The summed E-state index contributed by atoms with van der Waals surface area (Å²) in [5.74, 6) is 0. The van der Waals surface area contributed by atoms with Crippen molar-refractivity contribution in [1.82, 2.24) is 29.9 Å². The molecule has 0 aliphatic heterocycles. The molecule has 6 aromatic heterocycles. The van der Waals surface area contributed by atoms with Crippen molar-refractivity contribution in [2.75, 3.05) is 0 Å². The van der Waals surface area contributed by atoms with E-state index < -0.39 is 0 Å². The first-order valence-electron chi connectivity index (χ1n) is 11.4. The Labute approximate surface area is 255 Å². The van der Waals surface area contributed by atoms with E-state index in [1.54, 1.807) is 37.2 Å². The number of aromatic nitrogens is 6. The van der Waals surface area contributed by atoms with E-state index in [-0.39, 0.29) is 45.9 Å². The van der Waals surface area contributed by atoms with Gasteiger partial charge < -0.3 is 24.8 Å². The summed E-state index contributed by atoms with van der Waals surface area (Å²) in [4.78, 5) is 25.1. The van der Waals surface area contributed by atoms with Gasteiger partial charge in [-0.2, -0.15) is 0 Å². The van der Waals surface area contributed by atoms with Crippen LogP contribution < -0.4 is 24.8 Å². The van der Waals surface area contributed by atoms with Gasteiger partial charge in [-0.1, -0.05) is 36.4 Å². The zero-order chi connectivity index (χ0) is 24.7. The molecule has 0 aliphatic rings. The number of hydrogen-bond donors (Lipinski definition) is 0. The molecule has 0 aromatic carbocycles. The summed E-state index contributed by atoms with van der Waals surface area (Å²) in [5.41, 5.74) is 5.49. The fourth-order valence-corrected chi connectivity index (χ4v) is 3.09. The Morgan fingerprint density at radius 1 is 0.256 bits per heavy atom. The van der Waals surface area contributed by atoms with Gasteiger partial charge in [-0.15, -0.1) is 0 Å². The maximum absolute atomic E-state index is 4.19. The first-order chi connectivity index (χ1) is 17.9. The second-order valence-corrected chi connectivity index (χ2v) is 7.29. The normalized spacial score (nSPS) is 8.92. The van der Waals surface area contributed by atoms with Crippen molar-refractivity contribution in [2.24, 2.45) is 0 Å². The molecular formula is C30H24Cl2N6Pt. The largest absolute Gasteiger partial charge is 2.00 e. The monoisotopic (exact) mass is 733 g/mol. The van der Waals surface area contributed by atoms with E-state index in [9.17, 15) is 0 Å². The van der Waals surface area contributed by atoms with Crippen molar-refractivity contribution in [3.05, 3.63) is 146 Å². The van der Waals surface area contributed by atoms with E-state index >= 15 is 0 Å². The molecule has 6 nitrogen and oxygen atoms in total. The topological polar surface area (TPSA) is 77.3 Å². The molecule has 0 unspecified atom stereocenters. The summed E-state index contributed by atoms with van der Waals surface area (Å²) in [6.07, 6.45) is 10.6. The average molecular weight is 735 g/mol. The van der Waals surface area contributed by atoms with Gasteiger partial charge in [0.1, 0.15) is 0 Å². The van der Waals surface area contributed by atoms with E-state index in [4.69, 9.17) is 0 Å². The van der Waals surface area contributed by atoms with Crippen LogP contribution in [0.3, 0.4) is 0 Å². The van der Waals surface area contributed by atoms with Crippen molar-refractivity contribution in [2.45, 2.75) is 0 Å². The first-order valence-corrected chi connectivity index (χ1v) is 11.4. The van der Waals surface area contributed by atoms with Gasteiger partial charge in [0.15, 0.2) is 0 Å². The Morgan fingerprint density at radius 2 is 0.410 bits per heavy atom. The number of pyridine rings is 6. The fraction of sp³-hybridized carbons (Fsp3) is 0. The zero-order valence-electron chi connectivity index (χ0n) is 20.6. The minimum absolute atomic E-state index is 0. The van der Waals surface area contributed by atoms with E-state index in [0.717, 1.165) is 34.2 Å². The second kappa shape index (κ2) is 19.3. The van der Waals surface area contributed by atoms with Gasteiger partial charge in [-0.25, -0.2) is 0 Å². The van der Waals surface area contributed by atoms with E-state index in [1.807, 2.05) is 109 Å². The van der Waals surface area contributed by atoms with E-state index in [2.05, 4.69) is 29.9 Å². The third-order valence-electron chi connectivity index (χ3n) is 4.78. The standard InChI is InChI=1S/3C10H8N2.2ClH.Pt/c3*1-3-7-11-9(5-1)10-6-2-4-8-12-10;;;/h3*1-8H;2*1H;/q;;;;;+2/p-2. The van der Waals surface area contributed by atoms with Crippen molar-refractivity contribution < 1.29 is 45.9 Å². The van der Waals surface area contributed by atoms with E-state index in [0.29, 0.717) is 0 Å². The van der Waals surface area contributed by atoms with Crippen LogP contribution in [0.4, 0.5) is 0 Å². The predicted molar refractivity (Wildman–Crippen MR) is 142 cm³/mol. The molecule has 0 spiro atoms. The Bertz CT molecular complexity index is 1110. The first kappa shape index (κ1) is 33.2. The molecule has 0 N–H and O–H groups in total. The fourth-order valence-electron chi connectivity index (χ4n) is 3.09. The molecule has 6 aromatic rings. The van der Waals surface area contributed by atoms with E-state index in [1.165, 1.54) is 0 Å². The van der Waals surface area contributed by atoms with Gasteiger partial charge in [0.05, 0.1) is 34.2 Å². The van der Waals surface area contributed by atoms with Crippen molar-refractivity contribution in [3.63, 3.8) is 0 Å².